The van der Waals surface area contributed by atoms with Crippen molar-refractivity contribution in [3.05, 3.63) is 48.4 Å². The van der Waals surface area contributed by atoms with Gasteiger partial charge in [-0.15, -0.1) is 0 Å². The zero-order valence-corrected chi connectivity index (χ0v) is 15.1. The maximum Gasteiger partial charge on any atom is 0.234 e. The van der Waals surface area contributed by atoms with E-state index in [1.54, 1.807) is 25.7 Å². The SMILES string of the molecule is COc1ccccc1CCNC(=O)CN1CCN(c2cnccn2)CC1. The van der Waals surface area contributed by atoms with Crippen molar-refractivity contribution in [2.24, 2.45) is 0 Å². The van der Waals surface area contributed by atoms with Crippen LogP contribution in [0.15, 0.2) is 42.9 Å². The predicted octanol–water partition coefficient (Wildman–Crippen LogP) is 0.966. The summed E-state index contributed by atoms with van der Waals surface area (Å²) >= 11 is 0. The second-order valence-electron chi connectivity index (χ2n) is 6.24. The second kappa shape index (κ2) is 9.15. The molecule has 1 aromatic heterocycles. The molecule has 0 radical (unpaired) electrons. The molecular weight excluding hydrogens is 330 g/mol. The summed E-state index contributed by atoms with van der Waals surface area (Å²) in [5.41, 5.74) is 1.10. The number of aromatic nitrogens is 2. The van der Waals surface area contributed by atoms with Gasteiger partial charge in [-0.1, -0.05) is 18.2 Å². The van der Waals surface area contributed by atoms with Gasteiger partial charge in [-0.05, 0) is 18.1 Å². The van der Waals surface area contributed by atoms with Crippen molar-refractivity contribution in [3.8, 4) is 5.75 Å². The number of carbonyl (C=O) groups excluding carboxylic acids is 1. The highest BCUT2D eigenvalue weighted by Crippen LogP contribution is 2.17. The van der Waals surface area contributed by atoms with E-state index in [0.29, 0.717) is 13.1 Å². The minimum absolute atomic E-state index is 0.0628. The number of anilines is 1. The largest absolute Gasteiger partial charge is 0.496 e. The molecule has 0 bridgehead atoms. The molecule has 1 aliphatic heterocycles. The number of para-hydroxylation sites is 1. The molecule has 1 N–H and O–H groups in total. The first-order valence-electron chi connectivity index (χ1n) is 8.88. The fraction of sp³-hybridized carbons (Fsp3) is 0.421. The van der Waals surface area contributed by atoms with Crippen molar-refractivity contribution >= 4 is 11.7 Å². The van der Waals surface area contributed by atoms with Crippen LogP contribution in [0.1, 0.15) is 5.56 Å². The summed E-state index contributed by atoms with van der Waals surface area (Å²) < 4.78 is 5.34. The maximum atomic E-state index is 12.2. The van der Waals surface area contributed by atoms with Crippen molar-refractivity contribution in [2.45, 2.75) is 6.42 Å². The number of amides is 1. The average Bonchev–Trinajstić information content (AvgIpc) is 2.69. The van der Waals surface area contributed by atoms with E-state index in [1.165, 1.54) is 0 Å². The number of hydrogen-bond acceptors (Lipinski definition) is 6. The van der Waals surface area contributed by atoms with Crippen molar-refractivity contribution in [1.29, 1.82) is 0 Å². The summed E-state index contributed by atoms with van der Waals surface area (Å²) in [6.07, 6.45) is 5.92. The van der Waals surface area contributed by atoms with E-state index in [4.69, 9.17) is 4.74 Å². The normalized spacial score (nSPS) is 14.9. The molecule has 7 nitrogen and oxygen atoms in total. The summed E-state index contributed by atoms with van der Waals surface area (Å²) in [4.78, 5) is 25.0. The molecular formula is C19H25N5O2. The molecule has 1 fully saturated rings. The highest BCUT2D eigenvalue weighted by atomic mass is 16.5. The van der Waals surface area contributed by atoms with Gasteiger partial charge in [0.2, 0.25) is 5.91 Å². The third-order valence-electron chi connectivity index (χ3n) is 4.52. The van der Waals surface area contributed by atoms with Crippen molar-refractivity contribution in [1.82, 2.24) is 20.2 Å². The Morgan fingerprint density at radius 3 is 2.73 bits per heavy atom. The van der Waals surface area contributed by atoms with E-state index in [2.05, 4.69) is 25.1 Å². The fourth-order valence-corrected chi connectivity index (χ4v) is 3.09. The summed E-state index contributed by atoms with van der Waals surface area (Å²) in [7, 11) is 1.66. The zero-order valence-electron chi connectivity index (χ0n) is 15.1. The van der Waals surface area contributed by atoms with E-state index in [-0.39, 0.29) is 5.91 Å². The molecule has 138 valence electrons. The van der Waals surface area contributed by atoms with Crippen LogP contribution >= 0.6 is 0 Å². The molecule has 3 rings (SSSR count). The Morgan fingerprint density at radius 2 is 2.00 bits per heavy atom. The third-order valence-corrected chi connectivity index (χ3v) is 4.52. The summed E-state index contributed by atoms with van der Waals surface area (Å²) in [6, 6.07) is 7.89. The molecule has 2 aromatic rings. The van der Waals surface area contributed by atoms with Gasteiger partial charge in [0.1, 0.15) is 11.6 Å². The Bertz CT molecular complexity index is 702. The first kappa shape index (κ1) is 18.1. The minimum atomic E-state index is 0.0628. The molecule has 1 aliphatic rings. The van der Waals surface area contributed by atoms with Crippen LogP contribution in [-0.2, 0) is 11.2 Å². The van der Waals surface area contributed by atoms with E-state index >= 15 is 0 Å². The molecule has 0 aliphatic carbocycles. The molecule has 0 unspecified atom stereocenters. The van der Waals surface area contributed by atoms with E-state index in [9.17, 15) is 4.79 Å². The molecule has 2 heterocycles. The standard InChI is InChI=1S/C19H25N5O2/c1-26-17-5-3-2-4-16(17)6-7-22-19(25)15-23-10-12-24(13-11-23)18-14-20-8-9-21-18/h2-5,8-9,14H,6-7,10-13,15H2,1H3,(H,22,25). The molecule has 1 aromatic carbocycles. The van der Waals surface area contributed by atoms with Crippen molar-refractivity contribution in [3.63, 3.8) is 0 Å². The lowest BCUT2D eigenvalue weighted by molar-refractivity contribution is -0.122. The van der Waals surface area contributed by atoms with Gasteiger partial charge in [-0.2, -0.15) is 0 Å². The van der Waals surface area contributed by atoms with Crippen LogP contribution in [0, 0.1) is 0 Å². The van der Waals surface area contributed by atoms with Crippen molar-refractivity contribution in [2.75, 3.05) is 51.3 Å². The number of methoxy groups -OCH3 is 1. The van der Waals surface area contributed by atoms with Gasteiger partial charge in [-0.3, -0.25) is 14.7 Å². The molecule has 0 saturated carbocycles. The van der Waals surface area contributed by atoms with Crippen LogP contribution in [0.3, 0.4) is 0 Å². The molecule has 0 spiro atoms. The van der Waals surface area contributed by atoms with E-state index < -0.39 is 0 Å². The molecule has 0 atom stereocenters. The van der Waals surface area contributed by atoms with Crippen LogP contribution < -0.4 is 15.0 Å². The van der Waals surface area contributed by atoms with Crippen LogP contribution in [0.5, 0.6) is 5.75 Å². The third kappa shape index (κ3) is 4.92. The van der Waals surface area contributed by atoms with Crippen LogP contribution in [0.25, 0.3) is 0 Å². The topological polar surface area (TPSA) is 70.6 Å². The number of nitrogens with zero attached hydrogens (tertiary/aromatic N) is 4. The van der Waals surface area contributed by atoms with Gasteiger partial charge in [0, 0.05) is 45.1 Å². The predicted molar refractivity (Wildman–Crippen MR) is 100 cm³/mol. The van der Waals surface area contributed by atoms with Gasteiger partial charge in [-0.25, -0.2) is 4.98 Å². The molecule has 7 heteroatoms. The number of benzene rings is 1. The Hall–Kier alpha value is -2.67. The van der Waals surface area contributed by atoms with Crippen LogP contribution in [-0.4, -0.2) is 67.2 Å². The minimum Gasteiger partial charge on any atom is -0.496 e. The highest BCUT2D eigenvalue weighted by molar-refractivity contribution is 5.78. The number of piperazine rings is 1. The first-order chi connectivity index (χ1) is 12.8. The van der Waals surface area contributed by atoms with Gasteiger partial charge >= 0.3 is 0 Å². The lowest BCUT2D eigenvalue weighted by Crippen LogP contribution is -2.49. The van der Waals surface area contributed by atoms with Gasteiger partial charge in [0.15, 0.2) is 0 Å². The van der Waals surface area contributed by atoms with Crippen LogP contribution in [0.2, 0.25) is 0 Å². The number of rotatable bonds is 7. The number of hydrogen-bond donors (Lipinski definition) is 1. The molecule has 1 amide bonds. The number of nitrogens with one attached hydrogen (secondary N) is 1. The Labute approximate surface area is 154 Å². The number of carbonyl (C=O) groups is 1. The summed E-state index contributed by atoms with van der Waals surface area (Å²) in [5.74, 6) is 1.82. The van der Waals surface area contributed by atoms with Gasteiger partial charge in [0.25, 0.3) is 0 Å². The lowest BCUT2D eigenvalue weighted by Gasteiger charge is -2.34. The molecule has 26 heavy (non-hydrogen) atoms. The lowest BCUT2D eigenvalue weighted by atomic mass is 10.1. The fourth-order valence-electron chi connectivity index (χ4n) is 3.09. The Balaban J connectivity index is 1.38. The smallest absolute Gasteiger partial charge is 0.234 e. The second-order valence-corrected chi connectivity index (χ2v) is 6.24. The van der Waals surface area contributed by atoms with Gasteiger partial charge < -0.3 is 15.0 Å². The van der Waals surface area contributed by atoms with E-state index in [0.717, 1.165) is 49.7 Å². The average molecular weight is 355 g/mol. The summed E-state index contributed by atoms with van der Waals surface area (Å²) in [5, 5.41) is 3.00. The molecule has 1 saturated heterocycles. The number of ether oxygens (including phenoxy) is 1. The van der Waals surface area contributed by atoms with Gasteiger partial charge in [0.05, 0.1) is 19.9 Å². The summed E-state index contributed by atoms with van der Waals surface area (Å²) in [6.45, 7) is 4.44. The van der Waals surface area contributed by atoms with E-state index in [1.807, 2.05) is 24.3 Å². The first-order valence-corrected chi connectivity index (χ1v) is 8.88. The maximum absolute atomic E-state index is 12.2. The van der Waals surface area contributed by atoms with Crippen molar-refractivity contribution < 1.29 is 9.53 Å². The quantitative estimate of drug-likeness (QED) is 0.798. The zero-order chi connectivity index (χ0) is 18.2. The Kier molecular flexibility index (Phi) is 6.38. The highest BCUT2D eigenvalue weighted by Gasteiger charge is 2.19. The van der Waals surface area contributed by atoms with Crippen LogP contribution in [0.4, 0.5) is 5.82 Å². The monoisotopic (exact) mass is 355 g/mol. The Morgan fingerprint density at radius 1 is 1.19 bits per heavy atom.